The Bertz CT molecular complexity index is 744. The van der Waals surface area contributed by atoms with Crippen LogP contribution in [0.5, 0.6) is 0 Å². The summed E-state index contributed by atoms with van der Waals surface area (Å²) < 4.78 is 0. The van der Waals surface area contributed by atoms with Crippen LogP contribution in [0.2, 0.25) is 0 Å². The highest BCUT2D eigenvalue weighted by Crippen LogP contribution is 2.32. The summed E-state index contributed by atoms with van der Waals surface area (Å²) in [6, 6.07) is 7.63. The lowest BCUT2D eigenvalue weighted by Crippen LogP contribution is -2.34. The first-order chi connectivity index (χ1) is 11.5. The lowest BCUT2D eigenvalue weighted by atomic mass is 10.1. The van der Waals surface area contributed by atoms with Gasteiger partial charge in [0, 0.05) is 17.0 Å². The van der Waals surface area contributed by atoms with E-state index in [1.165, 1.54) is 17.3 Å². The molecule has 2 N–H and O–H groups in total. The zero-order valence-corrected chi connectivity index (χ0v) is 15.2. The third kappa shape index (κ3) is 3.80. The first-order valence-electron chi connectivity index (χ1n) is 7.58. The van der Waals surface area contributed by atoms with Crippen LogP contribution in [0.3, 0.4) is 0 Å². The van der Waals surface area contributed by atoms with Crippen LogP contribution in [0.15, 0.2) is 39.9 Å². The van der Waals surface area contributed by atoms with E-state index in [1.54, 1.807) is 23.5 Å². The average Bonchev–Trinajstić information content (AvgIpc) is 3.08. The van der Waals surface area contributed by atoms with Gasteiger partial charge in [-0.05, 0) is 54.7 Å². The van der Waals surface area contributed by atoms with E-state index in [1.807, 2.05) is 25.5 Å². The lowest BCUT2D eigenvalue weighted by molar-refractivity contribution is -0.113. The number of anilines is 1. The number of fused-ring (bicyclic) bond motifs is 1. The van der Waals surface area contributed by atoms with Gasteiger partial charge in [-0.1, -0.05) is 0 Å². The molecule has 1 aromatic heterocycles. The van der Waals surface area contributed by atoms with Crippen molar-refractivity contribution in [2.45, 2.75) is 10.9 Å². The topological polar surface area (TPSA) is 61.4 Å². The quantitative estimate of drug-likeness (QED) is 0.860. The Morgan fingerprint density at radius 1 is 1.38 bits per heavy atom. The molecule has 24 heavy (non-hydrogen) atoms. The summed E-state index contributed by atoms with van der Waals surface area (Å²) in [5.41, 5.74) is 2.46. The van der Waals surface area contributed by atoms with Crippen LogP contribution in [0.1, 0.15) is 22.0 Å². The van der Waals surface area contributed by atoms with E-state index in [9.17, 15) is 9.59 Å². The second-order valence-corrected chi connectivity index (χ2v) is 7.59. The number of thioether (sulfide) groups is 1. The van der Waals surface area contributed by atoms with Crippen LogP contribution in [-0.2, 0) is 4.79 Å². The highest BCUT2D eigenvalue weighted by molar-refractivity contribution is 8.00. The summed E-state index contributed by atoms with van der Waals surface area (Å²) in [6.07, 6.45) is 0. The van der Waals surface area contributed by atoms with Gasteiger partial charge in [0.05, 0.1) is 17.5 Å². The summed E-state index contributed by atoms with van der Waals surface area (Å²) in [6.45, 7) is 0.529. The molecule has 0 aliphatic carbocycles. The maximum Gasteiger partial charge on any atom is 0.251 e. The van der Waals surface area contributed by atoms with Crippen molar-refractivity contribution in [3.63, 3.8) is 0 Å². The number of benzene rings is 1. The molecule has 0 saturated heterocycles. The number of likely N-dealkylation sites (N-methyl/N-ethyl adjacent to an activating group) is 1. The molecule has 2 heterocycles. The van der Waals surface area contributed by atoms with Gasteiger partial charge in [0.2, 0.25) is 5.91 Å². The van der Waals surface area contributed by atoms with Crippen molar-refractivity contribution in [3.05, 3.63) is 46.2 Å². The van der Waals surface area contributed by atoms with Crippen molar-refractivity contribution in [2.75, 3.05) is 31.7 Å². The van der Waals surface area contributed by atoms with Crippen molar-refractivity contribution < 1.29 is 9.59 Å². The van der Waals surface area contributed by atoms with Crippen molar-refractivity contribution in [1.82, 2.24) is 10.2 Å². The van der Waals surface area contributed by atoms with Gasteiger partial charge in [0.25, 0.3) is 5.91 Å². The number of carbonyl (C=O) groups excluding carboxylic acids is 2. The van der Waals surface area contributed by atoms with Crippen molar-refractivity contribution in [1.29, 1.82) is 0 Å². The van der Waals surface area contributed by atoms with Crippen LogP contribution in [-0.4, -0.2) is 43.1 Å². The SMILES string of the molecule is CN(C)C(CNC(=O)c1ccc2c(c1)NC(=O)CS2)c1ccsc1. The van der Waals surface area contributed by atoms with Gasteiger partial charge >= 0.3 is 0 Å². The summed E-state index contributed by atoms with van der Waals surface area (Å²) in [5, 5.41) is 9.94. The number of nitrogens with one attached hydrogen (secondary N) is 2. The van der Waals surface area contributed by atoms with Crippen LogP contribution >= 0.6 is 23.1 Å². The van der Waals surface area contributed by atoms with Gasteiger partial charge in [-0.15, -0.1) is 11.8 Å². The molecule has 1 aliphatic rings. The van der Waals surface area contributed by atoms with E-state index < -0.39 is 0 Å². The number of carbonyl (C=O) groups is 2. The second-order valence-electron chi connectivity index (χ2n) is 5.79. The number of hydrogen-bond donors (Lipinski definition) is 2. The largest absolute Gasteiger partial charge is 0.350 e. The first kappa shape index (κ1) is 17.0. The molecular weight excluding hydrogens is 342 g/mol. The summed E-state index contributed by atoms with van der Waals surface area (Å²) in [4.78, 5) is 27.0. The minimum Gasteiger partial charge on any atom is -0.350 e. The molecule has 0 radical (unpaired) electrons. The molecular formula is C17H19N3O2S2. The standard InChI is InChI=1S/C17H19N3O2S2/c1-20(2)14(12-5-6-23-9-12)8-18-17(22)11-3-4-15-13(7-11)19-16(21)10-24-15/h3-7,9,14H,8,10H2,1-2H3,(H,18,22)(H,19,21). The number of thiophene rings is 1. The second kappa shape index (κ2) is 7.38. The molecule has 1 unspecified atom stereocenters. The van der Waals surface area contributed by atoms with E-state index in [2.05, 4.69) is 27.0 Å². The van der Waals surface area contributed by atoms with Gasteiger partial charge in [0.1, 0.15) is 0 Å². The van der Waals surface area contributed by atoms with Crippen molar-refractivity contribution in [2.24, 2.45) is 0 Å². The number of amides is 2. The Kier molecular flexibility index (Phi) is 5.23. The Morgan fingerprint density at radius 2 is 2.21 bits per heavy atom. The molecule has 0 bridgehead atoms. The van der Waals surface area contributed by atoms with E-state index in [4.69, 9.17) is 0 Å². The molecule has 0 saturated carbocycles. The molecule has 126 valence electrons. The van der Waals surface area contributed by atoms with Crippen LogP contribution in [0.4, 0.5) is 5.69 Å². The van der Waals surface area contributed by atoms with Crippen LogP contribution in [0.25, 0.3) is 0 Å². The predicted molar refractivity (Wildman–Crippen MR) is 98.9 cm³/mol. The van der Waals surface area contributed by atoms with Crippen molar-refractivity contribution in [3.8, 4) is 0 Å². The summed E-state index contributed by atoms with van der Waals surface area (Å²) in [5.74, 6) is 0.254. The van der Waals surface area contributed by atoms with Gasteiger partial charge in [-0.25, -0.2) is 0 Å². The molecule has 1 aromatic carbocycles. The normalized spacial score (nSPS) is 14.9. The van der Waals surface area contributed by atoms with E-state index >= 15 is 0 Å². The van der Waals surface area contributed by atoms with Gasteiger partial charge in [0.15, 0.2) is 0 Å². The molecule has 1 aliphatic heterocycles. The molecule has 2 amide bonds. The molecule has 3 rings (SSSR count). The average molecular weight is 361 g/mol. The predicted octanol–water partition coefficient (Wildman–Crippen LogP) is 2.83. The van der Waals surface area contributed by atoms with Crippen LogP contribution in [0, 0.1) is 0 Å². The molecule has 0 fully saturated rings. The molecule has 1 atom stereocenters. The molecule has 5 nitrogen and oxygen atoms in total. The fourth-order valence-corrected chi connectivity index (χ4v) is 4.07. The fraction of sp³-hybridized carbons (Fsp3) is 0.294. The number of nitrogens with zero attached hydrogens (tertiary/aromatic N) is 1. The van der Waals surface area contributed by atoms with Gasteiger partial charge in [-0.3, -0.25) is 9.59 Å². The van der Waals surface area contributed by atoms with Crippen LogP contribution < -0.4 is 10.6 Å². The van der Waals surface area contributed by atoms with Crippen molar-refractivity contribution >= 4 is 40.6 Å². The third-order valence-electron chi connectivity index (χ3n) is 3.88. The maximum atomic E-state index is 12.5. The number of hydrogen-bond acceptors (Lipinski definition) is 5. The first-order valence-corrected chi connectivity index (χ1v) is 9.51. The fourth-order valence-electron chi connectivity index (χ4n) is 2.58. The smallest absolute Gasteiger partial charge is 0.251 e. The summed E-state index contributed by atoms with van der Waals surface area (Å²) in [7, 11) is 4.00. The van der Waals surface area contributed by atoms with E-state index in [-0.39, 0.29) is 17.9 Å². The number of rotatable bonds is 5. The zero-order valence-electron chi connectivity index (χ0n) is 13.5. The van der Waals surface area contributed by atoms with Gasteiger partial charge in [-0.2, -0.15) is 11.3 Å². The third-order valence-corrected chi connectivity index (χ3v) is 5.66. The maximum absolute atomic E-state index is 12.5. The highest BCUT2D eigenvalue weighted by atomic mass is 32.2. The minimum absolute atomic E-state index is 0.0322. The monoisotopic (exact) mass is 361 g/mol. The molecule has 7 heteroatoms. The van der Waals surface area contributed by atoms with E-state index in [0.29, 0.717) is 23.5 Å². The molecule has 2 aromatic rings. The minimum atomic E-state index is -0.135. The zero-order chi connectivity index (χ0) is 17.1. The molecule has 0 spiro atoms. The van der Waals surface area contributed by atoms with Gasteiger partial charge < -0.3 is 15.5 Å². The summed E-state index contributed by atoms with van der Waals surface area (Å²) >= 11 is 3.14. The van der Waals surface area contributed by atoms with E-state index in [0.717, 1.165) is 4.90 Å². The Morgan fingerprint density at radius 3 is 2.92 bits per heavy atom. The Balaban J connectivity index is 1.68. The highest BCUT2D eigenvalue weighted by Gasteiger charge is 2.19. The Labute approximate surface area is 149 Å². The lowest BCUT2D eigenvalue weighted by Gasteiger charge is -2.24. The Hall–Kier alpha value is -1.83.